The van der Waals surface area contributed by atoms with Gasteiger partial charge in [-0.2, -0.15) is 0 Å². The van der Waals surface area contributed by atoms with Crippen LogP contribution >= 0.6 is 15.9 Å². The zero-order chi connectivity index (χ0) is 9.10. The molecule has 0 radical (unpaired) electrons. The van der Waals surface area contributed by atoms with Crippen molar-refractivity contribution in [2.24, 2.45) is 0 Å². The van der Waals surface area contributed by atoms with E-state index in [4.69, 9.17) is 4.42 Å². The van der Waals surface area contributed by atoms with Gasteiger partial charge in [-0.25, -0.2) is 4.98 Å². The van der Waals surface area contributed by atoms with Crippen LogP contribution < -0.4 is 0 Å². The van der Waals surface area contributed by atoms with E-state index in [0.717, 1.165) is 16.8 Å². The summed E-state index contributed by atoms with van der Waals surface area (Å²) in [4.78, 5) is 4.06. The summed E-state index contributed by atoms with van der Waals surface area (Å²) < 4.78 is 6.23. The van der Waals surface area contributed by atoms with Gasteiger partial charge in [0.05, 0.1) is 6.20 Å². The molecule has 1 aromatic heterocycles. The molecule has 0 atom stereocenters. The van der Waals surface area contributed by atoms with Crippen LogP contribution in [-0.4, -0.2) is 4.98 Å². The molecule has 0 aliphatic rings. The number of nitrogens with zero attached hydrogens (tertiary/aromatic N) is 1. The first-order valence-corrected chi connectivity index (χ1v) is 4.77. The van der Waals surface area contributed by atoms with Crippen LogP contribution in [0.4, 0.5) is 0 Å². The Balaban J connectivity index is 2.15. The molecule has 0 saturated carbocycles. The minimum Gasteiger partial charge on any atom is -0.449 e. The Morgan fingerprint density at radius 3 is 2.62 bits per heavy atom. The summed E-state index contributed by atoms with van der Waals surface area (Å²) in [6.07, 6.45) is 4.00. The average molecular weight is 238 g/mol. The van der Waals surface area contributed by atoms with E-state index in [-0.39, 0.29) is 0 Å². The van der Waals surface area contributed by atoms with Gasteiger partial charge in [-0.15, -0.1) is 0 Å². The van der Waals surface area contributed by atoms with E-state index in [9.17, 15) is 0 Å². The predicted octanol–water partition coefficient (Wildman–Crippen LogP) is 3.03. The molecule has 3 heteroatoms. The lowest BCUT2D eigenvalue weighted by Gasteiger charge is -1.96. The quantitative estimate of drug-likeness (QED) is 0.803. The maximum absolute atomic E-state index is 5.14. The van der Waals surface area contributed by atoms with Gasteiger partial charge in [0.25, 0.3) is 0 Å². The van der Waals surface area contributed by atoms with Crippen molar-refractivity contribution in [3.05, 3.63) is 52.7 Å². The third-order valence-electron chi connectivity index (χ3n) is 1.75. The molecule has 13 heavy (non-hydrogen) atoms. The van der Waals surface area contributed by atoms with Crippen LogP contribution in [-0.2, 0) is 6.42 Å². The summed E-state index contributed by atoms with van der Waals surface area (Å²) >= 11 is 3.38. The van der Waals surface area contributed by atoms with Crippen molar-refractivity contribution in [2.45, 2.75) is 6.42 Å². The Kier molecular flexibility index (Phi) is 2.45. The number of rotatable bonds is 2. The van der Waals surface area contributed by atoms with E-state index in [1.165, 1.54) is 5.56 Å². The van der Waals surface area contributed by atoms with E-state index < -0.39 is 0 Å². The number of aromatic nitrogens is 1. The number of oxazole rings is 1. The molecule has 66 valence electrons. The number of halogens is 1. The first kappa shape index (κ1) is 8.51. The molecular weight excluding hydrogens is 230 g/mol. The lowest BCUT2D eigenvalue weighted by molar-refractivity contribution is 0.507. The van der Waals surface area contributed by atoms with Gasteiger partial charge in [-0.1, -0.05) is 28.1 Å². The molecule has 0 unspecified atom stereocenters. The fourth-order valence-electron chi connectivity index (χ4n) is 1.12. The fraction of sp³-hybridized carbons (Fsp3) is 0.100. The van der Waals surface area contributed by atoms with Crippen molar-refractivity contribution in [2.75, 3.05) is 0 Å². The number of hydrogen-bond donors (Lipinski definition) is 0. The SMILES string of the molecule is Brc1ccc(Cc2ncco2)cc1. The standard InChI is InChI=1S/C10H8BrNO/c11-9-3-1-8(2-4-9)7-10-12-5-6-13-10/h1-6H,7H2. The highest BCUT2D eigenvalue weighted by Crippen LogP contribution is 2.12. The molecule has 1 aromatic carbocycles. The molecule has 0 amide bonds. The molecule has 2 rings (SSSR count). The highest BCUT2D eigenvalue weighted by molar-refractivity contribution is 9.10. The third kappa shape index (κ3) is 2.18. The van der Waals surface area contributed by atoms with Crippen LogP contribution in [0.2, 0.25) is 0 Å². The first-order valence-electron chi connectivity index (χ1n) is 3.97. The lowest BCUT2D eigenvalue weighted by Crippen LogP contribution is -1.86. The van der Waals surface area contributed by atoms with Crippen molar-refractivity contribution in [3.8, 4) is 0 Å². The van der Waals surface area contributed by atoms with Gasteiger partial charge in [0, 0.05) is 10.9 Å². The summed E-state index contributed by atoms with van der Waals surface area (Å²) in [7, 11) is 0. The highest BCUT2D eigenvalue weighted by Gasteiger charge is 1.99. The van der Waals surface area contributed by atoms with Gasteiger partial charge in [0.1, 0.15) is 6.26 Å². The van der Waals surface area contributed by atoms with Gasteiger partial charge >= 0.3 is 0 Å². The molecule has 0 saturated heterocycles. The van der Waals surface area contributed by atoms with E-state index in [1.54, 1.807) is 12.5 Å². The highest BCUT2D eigenvalue weighted by atomic mass is 79.9. The topological polar surface area (TPSA) is 26.0 Å². The second kappa shape index (κ2) is 3.75. The van der Waals surface area contributed by atoms with Crippen molar-refractivity contribution in [1.29, 1.82) is 0 Å². The molecule has 2 aromatic rings. The maximum Gasteiger partial charge on any atom is 0.198 e. The summed E-state index contributed by atoms with van der Waals surface area (Å²) in [6, 6.07) is 8.12. The van der Waals surface area contributed by atoms with Crippen LogP contribution in [0.15, 0.2) is 45.6 Å². The van der Waals surface area contributed by atoms with Crippen LogP contribution in [0.25, 0.3) is 0 Å². The van der Waals surface area contributed by atoms with Gasteiger partial charge in [-0.3, -0.25) is 0 Å². The van der Waals surface area contributed by atoms with Crippen LogP contribution in [0, 0.1) is 0 Å². The normalized spacial score (nSPS) is 10.2. The van der Waals surface area contributed by atoms with Crippen LogP contribution in [0.5, 0.6) is 0 Å². The molecule has 2 nitrogen and oxygen atoms in total. The Morgan fingerprint density at radius 2 is 2.00 bits per heavy atom. The minimum atomic E-state index is 0.750. The number of benzene rings is 1. The zero-order valence-corrected chi connectivity index (χ0v) is 8.49. The van der Waals surface area contributed by atoms with Gasteiger partial charge in [0.2, 0.25) is 0 Å². The van der Waals surface area contributed by atoms with Crippen molar-refractivity contribution in [3.63, 3.8) is 0 Å². The summed E-state index contributed by atoms with van der Waals surface area (Å²) in [5.74, 6) is 0.752. The van der Waals surface area contributed by atoms with E-state index in [1.807, 2.05) is 24.3 Å². The van der Waals surface area contributed by atoms with Crippen LogP contribution in [0.3, 0.4) is 0 Å². The molecule has 0 N–H and O–H groups in total. The molecule has 0 aliphatic carbocycles. The molecule has 0 aliphatic heterocycles. The molecule has 0 fully saturated rings. The smallest absolute Gasteiger partial charge is 0.198 e. The summed E-state index contributed by atoms with van der Waals surface area (Å²) in [5.41, 5.74) is 1.20. The summed E-state index contributed by atoms with van der Waals surface area (Å²) in [5, 5.41) is 0. The summed E-state index contributed by atoms with van der Waals surface area (Å²) in [6.45, 7) is 0. The first-order chi connectivity index (χ1) is 6.34. The molecule has 1 heterocycles. The maximum atomic E-state index is 5.14. The van der Waals surface area contributed by atoms with Gasteiger partial charge in [-0.05, 0) is 17.7 Å². The monoisotopic (exact) mass is 237 g/mol. The largest absolute Gasteiger partial charge is 0.449 e. The van der Waals surface area contributed by atoms with Gasteiger partial charge in [0.15, 0.2) is 5.89 Å². The van der Waals surface area contributed by atoms with Crippen molar-refractivity contribution >= 4 is 15.9 Å². The third-order valence-corrected chi connectivity index (χ3v) is 2.28. The van der Waals surface area contributed by atoms with Crippen molar-refractivity contribution in [1.82, 2.24) is 4.98 Å². The Labute approximate surface area is 84.7 Å². The zero-order valence-electron chi connectivity index (χ0n) is 6.90. The predicted molar refractivity (Wildman–Crippen MR) is 53.5 cm³/mol. The number of hydrogen-bond acceptors (Lipinski definition) is 2. The molecule has 0 spiro atoms. The Morgan fingerprint density at radius 1 is 1.23 bits per heavy atom. The lowest BCUT2D eigenvalue weighted by atomic mass is 10.1. The Hall–Kier alpha value is -1.09. The molecule has 0 bridgehead atoms. The van der Waals surface area contributed by atoms with Crippen molar-refractivity contribution < 1.29 is 4.42 Å². The van der Waals surface area contributed by atoms with E-state index in [2.05, 4.69) is 20.9 Å². The van der Waals surface area contributed by atoms with Crippen LogP contribution in [0.1, 0.15) is 11.5 Å². The van der Waals surface area contributed by atoms with E-state index >= 15 is 0 Å². The minimum absolute atomic E-state index is 0.750. The second-order valence-electron chi connectivity index (χ2n) is 2.73. The average Bonchev–Trinajstić information content (AvgIpc) is 2.62. The molecular formula is C10H8BrNO. The Bertz CT molecular complexity index is 366. The second-order valence-corrected chi connectivity index (χ2v) is 3.64. The fourth-order valence-corrected chi connectivity index (χ4v) is 1.38. The van der Waals surface area contributed by atoms with Gasteiger partial charge < -0.3 is 4.42 Å². The van der Waals surface area contributed by atoms with E-state index in [0.29, 0.717) is 0 Å².